The first kappa shape index (κ1) is 17.6. The molecule has 0 aromatic heterocycles. The van der Waals surface area contributed by atoms with Crippen LogP contribution < -0.4 is 11.3 Å². The number of hydrazine groups is 1. The fourth-order valence-corrected chi connectivity index (χ4v) is 2.41. The summed E-state index contributed by atoms with van der Waals surface area (Å²) >= 11 is 0. The number of aliphatic imine (C=N–C) groups is 1. The molecule has 1 aromatic carbocycles. The zero-order chi connectivity index (χ0) is 15.7. The first-order valence-corrected chi connectivity index (χ1v) is 7.80. The highest BCUT2D eigenvalue weighted by atomic mass is 15.2. The quantitative estimate of drug-likeness (QED) is 0.325. The van der Waals surface area contributed by atoms with E-state index in [0.717, 1.165) is 18.7 Å². The molecule has 1 aromatic rings. The number of nitrogens with two attached hydrogens (primary N) is 1. The van der Waals surface area contributed by atoms with Crippen LogP contribution in [0, 0.1) is 0 Å². The number of nitrogens with zero attached hydrogens (tertiary/aromatic N) is 1. The predicted molar refractivity (Wildman–Crippen MR) is 93.3 cm³/mol. The first-order chi connectivity index (χ1) is 10.1. The molecule has 0 aliphatic heterocycles. The molecule has 21 heavy (non-hydrogen) atoms. The number of rotatable bonds is 8. The SMILES string of the molecule is C/C=N\C(C)=C(/C)c1ccc(C(C)CCCCNN)cc1. The van der Waals surface area contributed by atoms with Gasteiger partial charge in [-0.1, -0.05) is 37.6 Å². The Kier molecular flexibility index (Phi) is 7.95. The summed E-state index contributed by atoms with van der Waals surface area (Å²) < 4.78 is 0. The van der Waals surface area contributed by atoms with Crippen molar-refractivity contribution >= 4 is 11.8 Å². The van der Waals surface area contributed by atoms with E-state index in [1.165, 1.54) is 29.5 Å². The highest BCUT2D eigenvalue weighted by Crippen LogP contribution is 2.25. The van der Waals surface area contributed by atoms with Crippen LogP contribution in [0.2, 0.25) is 0 Å². The second-order valence-corrected chi connectivity index (χ2v) is 5.57. The fourth-order valence-electron chi connectivity index (χ4n) is 2.41. The minimum absolute atomic E-state index is 0.593. The molecule has 1 rings (SSSR count). The van der Waals surface area contributed by atoms with Crippen molar-refractivity contribution in [3.8, 4) is 0 Å². The Morgan fingerprint density at radius 1 is 1.24 bits per heavy atom. The minimum atomic E-state index is 0.593. The van der Waals surface area contributed by atoms with Crippen molar-refractivity contribution in [1.82, 2.24) is 5.43 Å². The van der Waals surface area contributed by atoms with E-state index in [9.17, 15) is 0 Å². The third-order valence-corrected chi connectivity index (χ3v) is 3.99. The van der Waals surface area contributed by atoms with E-state index in [2.05, 4.69) is 55.5 Å². The van der Waals surface area contributed by atoms with Crippen LogP contribution in [0.5, 0.6) is 0 Å². The number of benzene rings is 1. The molecule has 1 atom stereocenters. The smallest absolute Gasteiger partial charge is 0.0403 e. The highest BCUT2D eigenvalue weighted by molar-refractivity contribution is 5.69. The van der Waals surface area contributed by atoms with Crippen molar-refractivity contribution in [1.29, 1.82) is 0 Å². The molecular formula is C18H29N3. The predicted octanol–water partition coefficient (Wildman–Crippen LogP) is 4.27. The highest BCUT2D eigenvalue weighted by Gasteiger charge is 2.06. The van der Waals surface area contributed by atoms with Crippen molar-refractivity contribution < 1.29 is 0 Å². The molecule has 0 saturated carbocycles. The van der Waals surface area contributed by atoms with Gasteiger partial charge in [0.2, 0.25) is 0 Å². The molecule has 0 spiro atoms. The molecule has 0 amide bonds. The van der Waals surface area contributed by atoms with Crippen LogP contribution in [0.1, 0.15) is 64.0 Å². The zero-order valence-electron chi connectivity index (χ0n) is 13.8. The average molecular weight is 287 g/mol. The normalized spacial score (nSPS) is 14.3. The van der Waals surface area contributed by atoms with Gasteiger partial charge < -0.3 is 0 Å². The van der Waals surface area contributed by atoms with E-state index in [0.29, 0.717) is 5.92 Å². The lowest BCUT2D eigenvalue weighted by molar-refractivity contribution is 0.576. The third-order valence-electron chi connectivity index (χ3n) is 3.99. The Morgan fingerprint density at radius 2 is 1.90 bits per heavy atom. The molecular weight excluding hydrogens is 258 g/mol. The Bertz CT molecular complexity index is 472. The second kappa shape index (κ2) is 9.48. The lowest BCUT2D eigenvalue weighted by atomic mass is 9.93. The summed E-state index contributed by atoms with van der Waals surface area (Å²) in [6.07, 6.45) is 5.38. The van der Waals surface area contributed by atoms with Gasteiger partial charge in [0, 0.05) is 18.5 Å². The summed E-state index contributed by atoms with van der Waals surface area (Å²) in [6.45, 7) is 9.31. The first-order valence-electron chi connectivity index (χ1n) is 7.80. The van der Waals surface area contributed by atoms with Gasteiger partial charge in [-0.2, -0.15) is 0 Å². The lowest BCUT2D eigenvalue weighted by Gasteiger charge is -2.13. The van der Waals surface area contributed by atoms with Crippen LogP contribution in [0.25, 0.3) is 5.57 Å². The van der Waals surface area contributed by atoms with Gasteiger partial charge in [-0.25, -0.2) is 0 Å². The molecule has 0 bridgehead atoms. The van der Waals surface area contributed by atoms with Crippen molar-refractivity contribution in [3.63, 3.8) is 0 Å². The number of hydrogen-bond donors (Lipinski definition) is 2. The van der Waals surface area contributed by atoms with Gasteiger partial charge in [-0.15, -0.1) is 0 Å². The van der Waals surface area contributed by atoms with Gasteiger partial charge >= 0.3 is 0 Å². The van der Waals surface area contributed by atoms with Crippen LogP contribution in [-0.4, -0.2) is 12.8 Å². The van der Waals surface area contributed by atoms with E-state index in [-0.39, 0.29) is 0 Å². The monoisotopic (exact) mass is 287 g/mol. The number of unbranched alkanes of at least 4 members (excludes halogenated alkanes) is 1. The maximum absolute atomic E-state index is 5.28. The van der Waals surface area contributed by atoms with Gasteiger partial charge in [-0.3, -0.25) is 16.3 Å². The molecule has 1 unspecified atom stereocenters. The van der Waals surface area contributed by atoms with E-state index in [1.54, 1.807) is 0 Å². The largest absolute Gasteiger partial charge is 0.271 e. The summed E-state index contributed by atoms with van der Waals surface area (Å²) in [7, 11) is 0. The maximum atomic E-state index is 5.28. The van der Waals surface area contributed by atoms with Crippen molar-refractivity contribution in [2.75, 3.05) is 6.54 Å². The Balaban J connectivity index is 2.67. The van der Waals surface area contributed by atoms with Crippen LogP contribution in [-0.2, 0) is 0 Å². The molecule has 116 valence electrons. The Morgan fingerprint density at radius 3 is 2.48 bits per heavy atom. The Labute approximate surface area is 129 Å². The molecule has 3 N–H and O–H groups in total. The van der Waals surface area contributed by atoms with Gasteiger partial charge in [0.15, 0.2) is 0 Å². The summed E-state index contributed by atoms with van der Waals surface area (Å²) in [5, 5.41) is 0. The number of allylic oxidation sites excluding steroid dienone is 2. The van der Waals surface area contributed by atoms with E-state index in [4.69, 9.17) is 5.84 Å². The molecule has 3 nitrogen and oxygen atoms in total. The lowest BCUT2D eigenvalue weighted by Crippen LogP contribution is -2.22. The number of nitrogens with one attached hydrogen (secondary N) is 1. The molecule has 3 heteroatoms. The van der Waals surface area contributed by atoms with Crippen LogP contribution in [0.15, 0.2) is 35.0 Å². The molecule has 0 heterocycles. The van der Waals surface area contributed by atoms with Crippen molar-refractivity contribution in [2.24, 2.45) is 10.8 Å². The number of hydrogen-bond acceptors (Lipinski definition) is 3. The summed E-state index contributed by atoms with van der Waals surface area (Å²) in [5.74, 6) is 5.88. The van der Waals surface area contributed by atoms with Crippen LogP contribution in [0.3, 0.4) is 0 Å². The van der Waals surface area contributed by atoms with Crippen molar-refractivity contribution in [3.05, 3.63) is 41.1 Å². The maximum Gasteiger partial charge on any atom is 0.0403 e. The molecule has 0 fully saturated rings. The average Bonchev–Trinajstić information content (AvgIpc) is 2.51. The van der Waals surface area contributed by atoms with E-state index >= 15 is 0 Å². The van der Waals surface area contributed by atoms with E-state index < -0.39 is 0 Å². The van der Waals surface area contributed by atoms with Gasteiger partial charge in [0.25, 0.3) is 0 Å². The third kappa shape index (κ3) is 5.82. The zero-order valence-corrected chi connectivity index (χ0v) is 13.8. The molecule has 0 radical (unpaired) electrons. The fraction of sp³-hybridized carbons (Fsp3) is 0.500. The summed E-state index contributed by atoms with van der Waals surface area (Å²) in [5.41, 5.74) is 7.68. The summed E-state index contributed by atoms with van der Waals surface area (Å²) in [4.78, 5) is 4.35. The van der Waals surface area contributed by atoms with Crippen LogP contribution in [0.4, 0.5) is 0 Å². The van der Waals surface area contributed by atoms with Gasteiger partial charge in [0.05, 0.1) is 0 Å². The Hall–Kier alpha value is -1.45. The topological polar surface area (TPSA) is 50.4 Å². The summed E-state index contributed by atoms with van der Waals surface area (Å²) in [6, 6.07) is 8.90. The van der Waals surface area contributed by atoms with Gasteiger partial charge in [-0.05, 0) is 56.2 Å². The molecule has 0 saturated heterocycles. The second-order valence-electron chi connectivity index (χ2n) is 5.57. The van der Waals surface area contributed by atoms with Crippen LogP contribution >= 0.6 is 0 Å². The molecule has 0 aliphatic rings. The van der Waals surface area contributed by atoms with Gasteiger partial charge in [0.1, 0.15) is 0 Å². The molecule has 0 aliphatic carbocycles. The van der Waals surface area contributed by atoms with Crippen molar-refractivity contribution in [2.45, 2.75) is 52.9 Å². The standard InChI is InChI=1S/C18H29N3/c1-5-20-16(4)15(3)18-11-9-17(10-12-18)14(2)8-6-7-13-21-19/h5,9-12,14,21H,6-8,13,19H2,1-4H3/b16-15+,20-5-. The minimum Gasteiger partial charge on any atom is -0.271 e. The van der Waals surface area contributed by atoms with E-state index in [1.807, 2.05) is 13.1 Å².